The highest BCUT2D eigenvalue weighted by atomic mass is 32.2. The van der Waals surface area contributed by atoms with Crippen molar-refractivity contribution < 1.29 is 36.7 Å². The van der Waals surface area contributed by atoms with E-state index in [2.05, 4.69) is 10.0 Å². The van der Waals surface area contributed by atoms with E-state index < -0.39 is 53.3 Å². The Morgan fingerprint density at radius 3 is 2.54 bits per heavy atom. The van der Waals surface area contributed by atoms with Crippen molar-refractivity contribution in [3.63, 3.8) is 0 Å². The maximum Gasteiger partial charge on any atom is 0.303 e. The molecule has 28 heavy (non-hydrogen) atoms. The first-order chi connectivity index (χ1) is 13.2. The average Bonchev–Trinajstić information content (AvgIpc) is 2.64. The summed E-state index contributed by atoms with van der Waals surface area (Å²) in [4.78, 5) is 13.9. The van der Waals surface area contributed by atoms with Gasteiger partial charge >= 0.3 is 5.97 Å². The number of hydrogen-bond donors (Lipinski definition) is 1. The van der Waals surface area contributed by atoms with Crippen LogP contribution < -0.4 is 0 Å². The Kier molecular flexibility index (Phi) is 7.35. The second kappa shape index (κ2) is 9.32. The van der Waals surface area contributed by atoms with Crippen LogP contribution in [0, 0.1) is 6.92 Å². The summed E-state index contributed by atoms with van der Waals surface area (Å²) in [5.74, 6) is -0.697. The Morgan fingerprint density at radius 2 is 2.00 bits per heavy atom. The Balaban J connectivity index is 2.17. The van der Waals surface area contributed by atoms with Crippen LogP contribution >= 0.6 is 0 Å². The molecule has 1 saturated heterocycles. The van der Waals surface area contributed by atoms with Gasteiger partial charge in [-0.15, -0.1) is 0 Å². The van der Waals surface area contributed by atoms with Crippen molar-refractivity contribution in [2.45, 2.75) is 49.4 Å². The molecule has 1 N–H and O–H groups in total. The zero-order chi connectivity index (χ0) is 20.9. The van der Waals surface area contributed by atoms with Crippen LogP contribution in [0.1, 0.15) is 12.5 Å². The number of benzene rings is 1. The molecule has 2 rings (SSSR count). The summed E-state index contributed by atoms with van der Waals surface area (Å²) < 4.78 is 45.2. The molecule has 0 saturated carbocycles. The van der Waals surface area contributed by atoms with Gasteiger partial charge in [0.25, 0.3) is 10.1 Å². The number of esters is 1. The maximum atomic E-state index is 12.3. The first-order valence-corrected chi connectivity index (χ1v) is 9.64. The molecule has 1 heterocycles. The summed E-state index contributed by atoms with van der Waals surface area (Å²) in [6.45, 7) is 2.38. The van der Waals surface area contributed by atoms with E-state index in [4.69, 9.17) is 23.9 Å². The summed E-state index contributed by atoms with van der Waals surface area (Å²) in [6.07, 6.45) is -5.12. The predicted octanol–water partition coefficient (Wildman–Crippen LogP) is 1.04. The van der Waals surface area contributed by atoms with Crippen LogP contribution in [0.5, 0.6) is 0 Å². The van der Waals surface area contributed by atoms with E-state index in [9.17, 15) is 18.3 Å². The molecule has 1 aliphatic heterocycles. The quantitative estimate of drug-likeness (QED) is 0.227. The zero-order valence-corrected chi connectivity index (χ0v) is 16.3. The third-order valence-electron chi connectivity index (χ3n) is 4.06. The number of aliphatic hydroxyl groups excluding tert-OH is 1. The lowest BCUT2D eigenvalue weighted by Gasteiger charge is -2.41. The van der Waals surface area contributed by atoms with Gasteiger partial charge in [0.15, 0.2) is 12.4 Å². The Bertz CT molecular complexity index is 838. The number of hydrogen-bond acceptors (Lipinski definition) is 9. The van der Waals surface area contributed by atoms with Gasteiger partial charge < -0.3 is 19.3 Å². The van der Waals surface area contributed by atoms with Gasteiger partial charge in [-0.25, -0.2) is 0 Å². The van der Waals surface area contributed by atoms with E-state index in [1.54, 1.807) is 12.1 Å². The molecule has 154 valence electrons. The molecule has 5 atom stereocenters. The van der Waals surface area contributed by atoms with Gasteiger partial charge in [-0.3, -0.25) is 8.98 Å². The van der Waals surface area contributed by atoms with Crippen molar-refractivity contribution >= 4 is 16.1 Å². The molecule has 0 spiro atoms. The van der Waals surface area contributed by atoms with Crippen molar-refractivity contribution in [2.75, 3.05) is 13.7 Å². The standard InChI is InChI=1S/C16H21N3O8S/c1-9-4-6-11(7-5-9)28(22,23)25-8-12-14(21)13(18-19-17)15(26-10(2)20)16(24-3)27-12/h4-7,12-16,21H,8H2,1-3H3/t12-,13-,14-,15+,16+/m1/s1. The molecular weight excluding hydrogens is 394 g/mol. The summed E-state index contributed by atoms with van der Waals surface area (Å²) >= 11 is 0. The molecule has 1 aliphatic rings. The van der Waals surface area contributed by atoms with Gasteiger partial charge in [0.05, 0.1) is 17.6 Å². The highest BCUT2D eigenvalue weighted by molar-refractivity contribution is 7.86. The third kappa shape index (κ3) is 5.19. The van der Waals surface area contributed by atoms with E-state index in [1.165, 1.54) is 19.2 Å². The van der Waals surface area contributed by atoms with Crippen molar-refractivity contribution in [1.29, 1.82) is 0 Å². The van der Waals surface area contributed by atoms with Crippen LogP contribution in [0.2, 0.25) is 0 Å². The minimum atomic E-state index is -4.11. The van der Waals surface area contributed by atoms with Gasteiger partial charge in [-0.2, -0.15) is 8.42 Å². The van der Waals surface area contributed by atoms with Crippen LogP contribution in [0.15, 0.2) is 34.3 Å². The highest BCUT2D eigenvalue weighted by Crippen LogP contribution is 2.28. The number of rotatable bonds is 7. The van der Waals surface area contributed by atoms with E-state index in [1.807, 2.05) is 6.92 Å². The molecule has 0 aliphatic carbocycles. The first-order valence-electron chi connectivity index (χ1n) is 8.23. The molecule has 0 radical (unpaired) electrons. The first kappa shape index (κ1) is 22.1. The second-order valence-electron chi connectivity index (χ2n) is 6.09. The lowest BCUT2D eigenvalue weighted by Crippen LogP contribution is -2.59. The summed E-state index contributed by atoms with van der Waals surface area (Å²) in [5.41, 5.74) is 9.64. The normalized spacial score (nSPS) is 27.6. The lowest BCUT2D eigenvalue weighted by atomic mass is 9.97. The van der Waals surface area contributed by atoms with Gasteiger partial charge in [0.2, 0.25) is 0 Å². The molecule has 0 bridgehead atoms. The van der Waals surface area contributed by atoms with E-state index in [-0.39, 0.29) is 4.90 Å². The monoisotopic (exact) mass is 415 g/mol. The number of aliphatic hydroxyl groups is 1. The molecule has 12 heteroatoms. The molecule has 1 aromatic carbocycles. The largest absolute Gasteiger partial charge is 0.457 e. The van der Waals surface area contributed by atoms with Crippen molar-refractivity contribution in [3.8, 4) is 0 Å². The molecule has 0 amide bonds. The van der Waals surface area contributed by atoms with Crippen LogP contribution in [0.25, 0.3) is 10.4 Å². The molecule has 0 unspecified atom stereocenters. The van der Waals surface area contributed by atoms with Crippen molar-refractivity contribution in [2.24, 2.45) is 5.11 Å². The number of carbonyl (C=O) groups is 1. The fourth-order valence-corrected chi connectivity index (χ4v) is 3.59. The van der Waals surface area contributed by atoms with Crippen LogP contribution in [-0.2, 0) is 33.3 Å². The number of ether oxygens (including phenoxy) is 3. The van der Waals surface area contributed by atoms with Gasteiger partial charge in [0.1, 0.15) is 12.1 Å². The van der Waals surface area contributed by atoms with Gasteiger partial charge in [-0.05, 0) is 24.6 Å². The Hall–Kier alpha value is -2.21. The second-order valence-corrected chi connectivity index (χ2v) is 7.71. The van der Waals surface area contributed by atoms with Gasteiger partial charge in [0, 0.05) is 18.9 Å². The molecule has 1 aromatic rings. The van der Waals surface area contributed by atoms with Crippen LogP contribution in [0.4, 0.5) is 0 Å². The smallest absolute Gasteiger partial charge is 0.303 e. The van der Waals surface area contributed by atoms with Crippen molar-refractivity contribution in [3.05, 3.63) is 40.3 Å². The van der Waals surface area contributed by atoms with Crippen LogP contribution in [0.3, 0.4) is 0 Å². The number of methoxy groups -OCH3 is 1. The highest BCUT2D eigenvalue weighted by Gasteiger charge is 2.47. The van der Waals surface area contributed by atoms with Crippen LogP contribution in [-0.4, -0.2) is 63.9 Å². The number of aryl methyl sites for hydroxylation is 1. The summed E-state index contributed by atoms with van der Waals surface area (Å²) in [7, 11) is -2.85. The van der Waals surface area contributed by atoms with E-state index in [0.717, 1.165) is 12.5 Å². The van der Waals surface area contributed by atoms with E-state index in [0.29, 0.717) is 0 Å². The number of carbonyl (C=O) groups excluding carboxylic acids is 1. The maximum absolute atomic E-state index is 12.3. The average molecular weight is 415 g/mol. The summed E-state index contributed by atoms with van der Waals surface area (Å²) in [6, 6.07) is 4.75. The molecule has 0 aromatic heterocycles. The Labute approximate surface area is 161 Å². The van der Waals surface area contributed by atoms with Crippen molar-refractivity contribution in [1.82, 2.24) is 0 Å². The minimum absolute atomic E-state index is 0.0592. The SMILES string of the molecule is CO[C@H]1O[C@H](COS(=O)(=O)c2ccc(C)cc2)[C@@H](O)[C@@H](N=[N+]=[N-])[C@@H]1OC(C)=O. The third-order valence-corrected chi connectivity index (χ3v) is 5.36. The molecule has 11 nitrogen and oxygen atoms in total. The topological polar surface area (TPSA) is 157 Å². The van der Waals surface area contributed by atoms with Gasteiger partial charge in [-0.1, -0.05) is 22.8 Å². The Morgan fingerprint density at radius 1 is 1.36 bits per heavy atom. The molecular formula is C16H21N3O8S. The predicted molar refractivity (Wildman–Crippen MR) is 94.5 cm³/mol. The number of nitrogens with zero attached hydrogens (tertiary/aromatic N) is 3. The fraction of sp³-hybridized carbons (Fsp3) is 0.562. The van der Waals surface area contributed by atoms with E-state index >= 15 is 0 Å². The number of azide groups is 1. The molecule has 1 fully saturated rings. The minimum Gasteiger partial charge on any atom is -0.457 e. The lowest BCUT2D eigenvalue weighted by molar-refractivity contribution is -0.270. The fourth-order valence-electron chi connectivity index (χ4n) is 2.67. The summed E-state index contributed by atoms with van der Waals surface area (Å²) in [5, 5.41) is 13.9. The zero-order valence-electron chi connectivity index (χ0n) is 15.5.